The molecule has 0 spiro atoms. The minimum Gasteiger partial charge on any atom is -0.481 e. The molecule has 7 heteroatoms. The number of hydrogen-bond acceptors (Lipinski definition) is 3. The lowest BCUT2D eigenvalue weighted by Gasteiger charge is -2.16. The lowest BCUT2D eigenvalue weighted by atomic mass is 9.99. The number of rotatable bonds is 3. The maximum absolute atomic E-state index is 12.0. The molecule has 19 heavy (non-hydrogen) atoms. The second-order valence-corrected chi connectivity index (χ2v) is 7.24. The Kier molecular flexibility index (Phi) is 4.46. The molecule has 1 saturated heterocycles. The first-order chi connectivity index (χ1) is 8.97. The summed E-state index contributed by atoms with van der Waals surface area (Å²) >= 11 is 4.93. The normalized spacial score (nSPS) is 22.5. The Morgan fingerprint density at radius 3 is 2.79 bits per heavy atom. The molecule has 2 amide bonds. The monoisotopic (exact) mass is 346 g/mol. The summed E-state index contributed by atoms with van der Waals surface area (Å²) in [6.45, 7) is 3.12. The number of hydrogen-bond donors (Lipinski definition) is 2. The first kappa shape index (κ1) is 14.3. The largest absolute Gasteiger partial charge is 0.481 e. The Morgan fingerprint density at radius 2 is 2.26 bits per heavy atom. The van der Waals surface area contributed by atoms with Crippen LogP contribution in [0.15, 0.2) is 15.9 Å². The molecule has 2 heterocycles. The molecule has 1 aliphatic heterocycles. The smallest absolute Gasteiger partial charge is 0.317 e. The molecule has 5 nitrogen and oxygen atoms in total. The molecule has 1 aliphatic rings. The van der Waals surface area contributed by atoms with Gasteiger partial charge in [0.25, 0.3) is 0 Å². The van der Waals surface area contributed by atoms with Gasteiger partial charge in [0.15, 0.2) is 0 Å². The quantitative estimate of drug-likeness (QED) is 0.882. The summed E-state index contributed by atoms with van der Waals surface area (Å²) in [7, 11) is 0. The minimum absolute atomic E-state index is 0.000803. The fourth-order valence-corrected chi connectivity index (χ4v) is 3.60. The van der Waals surface area contributed by atoms with Gasteiger partial charge in [-0.05, 0) is 34.0 Å². The van der Waals surface area contributed by atoms with Crippen molar-refractivity contribution in [2.75, 3.05) is 13.1 Å². The highest BCUT2D eigenvalue weighted by atomic mass is 79.9. The molecule has 1 fully saturated rings. The average Bonchev–Trinajstić information content (AvgIpc) is 2.92. The van der Waals surface area contributed by atoms with Crippen molar-refractivity contribution in [3.8, 4) is 0 Å². The highest BCUT2D eigenvalue weighted by molar-refractivity contribution is 9.11. The maximum atomic E-state index is 12.0. The van der Waals surface area contributed by atoms with Gasteiger partial charge in [-0.25, -0.2) is 4.79 Å². The first-order valence-corrected chi connectivity index (χ1v) is 7.58. The van der Waals surface area contributed by atoms with Crippen LogP contribution in [0.2, 0.25) is 0 Å². The highest BCUT2D eigenvalue weighted by Gasteiger charge is 2.36. The summed E-state index contributed by atoms with van der Waals surface area (Å²) in [5.74, 6) is -1.29. The lowest BCUT2D eigenvalue weighted by Crippen LogP contribution is -2.38. The predicted octanol–water partition coefficient (Wildman–Crippen LogP) is 2.37. The number of amides is 2. The van der Waals surface area contributed by atoms with E-state index in [1.807, 2.05) is 19.1 Å². The minimum atomic E-state index is -0.829. The van der Waals surface area contributed by atoms with E-state index in [9.17, 15) is 9.59 Å². The number of nitrogens with one attached hydrogen (secondary N) is 1. The predicted molar refractivity (Wildman–Crippen MR) is 76.1 cm³/mol. The molecular formula is C12H15BrN2O3S. The van der Waals surface area contributed by atoms with Crippen LogP contribution in [0, 0.1) is 11.8 Å². The van der Waals surface area contributed by atoms with Gasteiger partial charge in [0.2, 0.25) is 0 Å². The number of halogens is 1. The number of carboxylic acid groups (broad SMARTS) is 1. The van der Waals surface area contributed by atoms with Crippen molar-refractivity contribution < 1.29 is 14.7 Å². The van der Waals surface area contributed by atoms with Gasteiger partial charge in [0, 0.05) is 18.0 Å². The van der Waals surface area contributed by atoms with Crippen LogP contribution in [0.4, 0.5) is 4.79 Å². The van der Waals surface area contributed by atoms with Crippen molar-refractivity contribution in [2.45, 2.75) is 13.5 Å². The van der Waals surface area contributed by atoms with Crippen LogP contribution in [0.5, 0.6) is 0 Å². The Bertz CT molecular complexity index is 491. The molecule has 2 unspecified atom stereocenters. The van der Waals surface area contributed by atoms with Crippen molar-refractivity contribution in [3.63, 3.8) is 0 Å². The molecule has 0 radical (unpaired) electrons. The molecule has 0 bridgehead atoms. The summed E-state index contributed by atoms with van der Waals surface area (Å²) in [5, 5.41) is 11.8. The molecule has 0 aromatic carbocycles. The third kappa shape index (κ3) is 3.48. The van der Waals surface area contributed by atoms with Crippen molar-refractivity contribution in [3.05, 3.63) is 20.8 Å². The van der Waals surface area contributed by atoms with Gasteiger partial charge in [-0.2, -0.15) is 0 Å². The highest BCUT2D eigenvalue weighted by Crippen LogP contribution is 2.24. The second kappa shape index (κ2) is 5.92. The second-order valence-electron chi connectivity index (χ2n) is 4.69. The molecule has 2 atom stereocenters. The fraction of sp³-hybridized carbons (Fsp3) is 0.500. The van der Waals surface area contributed by atoms with E-state index in [-0.39, 0.29) is 18.5 Å². The SMILES string of the molecule is CC1CN(C(=O)NCc2ccc(Br)s2)CC1C(=O)O. The number of urea groups is 1. The van der Waals surface area contributed by atoms with E-state index >= 15 is 0 Å². The van der Waals surface area contributed by atoms with Crippen LogP contribution >= 0.6 is 27.3 Å². The van der Waals surface area contributed by atoms with Crippen LogP contribution in [-0.4, -0.2) is 35.1 Å². The molecule has 1 aromatic rings. The fourth-order valence-electron chi connectivity index (χ4n) is 2.18. The van der Waals surface area contributed by atoms with Crippen LogP contribution in [0.1, 0.15) is 11.8 Å². The first-order valence-electron chi connectivity index (χ1n) is 5.97. The Hall–Kier alpha value is -1.08. The Balaban J connectivity index is 1.86. The average molecular weight is 347 g/mol. The van der Waals surface area contributed by atoms with Crippen molar-refractivity contribution >= 4 is 39.3 Å². The van der Waals surface area contributed by atoms with Gasteiger partial charge in [0.1, 0.15) is 0 Å². The zero-order valence-corrected chi connectivity index (χ0v) is 12.8. The van der Waals surface area contributed by atoms with Crippen LogP contribution < -0.4 is 5.32 Å². The summed E-state index contributed by atoms with van der Waals surface area (Å²) in [5.41, 5.74) is 0. The zero-order chi connectivity index (χ0) is 14.0. The Morgan fingerprint density at radius 1 is 1.53 bits per heavy atom. The third-order valence-corrected chi connectivity index (χ3v) is 4.88. The van der Waals surface area contributed by atoms with Crippen LogP contribution in [-0.2, 0) is 11.3 Å². The van der Waals surface area contributed by atoms with E-state index in [0.717, 1.165) is 8.66 Å². The number of carbonyl (C=O) groups is 2. The zero-order valence-electron chi connectivity index (χ0n) is 10.4. The number of thiophene rings is 1. The Labute approximate surface area is 123 Å². The van der Waals surface area contributed by atoms with Crippen molar-refractivity contribution in [1.29, 1.82) is 0 Å². The van der Waals surface area contributed by atoms with Crippen LogP contribution in [0.25, 0.3) is 0 Å². The maximum Gasteiger partial charge on any atom is 0.317 e. The summed E-state index contributed by atoms with van der Waals surface area (Å²) in [4.78, 5) is 25.6. The molecule has 0 aliphatic carbocycles. The van der Waals surface area contributed by atoms with Crippen molar-refractivity contribution in [1.82, 2.24) is 10.2 Å². The summed E-state index contributed by atoms with van der Waals surface area (Å²) < 4.78 is 1.03. The number of aliphatic carboxylic acids is 1. The number of carbonyl (C=O) groups excluding carboxylic acids is 1. The van der Waals surface area contributed by atoms with Gasteiger partial charge >= 0.3 is 12.0 Å². The van der Waals surface area contributed by atoms with E-state index in [4.69, 9.17) is 5.11 Å². The third-order valence-electron chi connectivity index (χ3n) is 3.26. The van der Waals surface area contributed by atoms with E-state index in [2.05, 4.69) is 21.2 Å². The van der Waals surface area contributed by atoms with Crippen LogP contribution in [0.3, 0.4) is 0 Å². The van der Waals surface area contributed by atoms with Crippen molar-refractivity contribution in [2.24, 2.45) is 11.8 Å². The van der Waals surface area contributed by atoms with E-state index in [0.29, 0.717) is 13.1 Å². The summed E-state index contributed by atoms with van der Waals surface area (Å²) in [6, 6.07) is 3.69. The van der Waals surface area contributed by atoms with Gasteiger partial charge in [-0.3, -0.25) is 4.79 Å². The molecule has 2 rings (SSSR count). The lowest BCUT2D eigenvalue weighted by molar-refractivity contribution is -0.142. The molecule has 2 N–H and O–H groups in total. The number of carboxylic acids is 1. The van der Waals surface area contributed by atoms with Gasteiger partial charge in [-0.15, -0.1) is 11.3 Å². The topological polar surface area (TPSA) is 69.6 Å². The van der Waals surface area contributed by atoms with Gasteiger partial charge < -0.3 is 15.3 Å². The summed E-state index contributed by atoms with van der Waals surface area (Å²) in [6.07, 6.45) is 0. The molecular weight excluding hydrogens is 332 g/mol. The van der Waals surface area contributed by atoms with Gasteiger partial charge in [-0.1, -0.05) is 6.92 Å². The van der Waals surface area contributed by atoms with E-state index < -0.39 is 11.9 Å². The van der Waals surface area contributed by atoms with E-state index in [1.165, 1.54) is 0 Å². The number of likely N-dealkylation sites (tertiary alicyclic amines) is 1. The van der Waals surface area contributed by atoms with Gasteiger partial charge in [0.05, 0.1) is 16.2 Å². The molecule has 0 saturated carbocycles. The standard InChI is InChI=1S/C12H15BrN2O3S/c1-7-5-15(6-9(7)11(16)17)12(18)14-4-8-2-3-10(13)19-8/h2-3,7,9H,4-6H2,1H3,(H,14,18)(H,16,17). The molecule has 104 valence electrons. The molecule has 1 aromatic heterocycles. The van der Waals surface area contributed by atoms with E-state index in [1.54, 1.807) is 16.2 Å². The number of nitrogens with zero attached hydrogens (tertiary/aromatic N) is 1.